The van der Waals surface area contributed by atoms with Gasteiger partial charge in [0.2, 0.25) is 5.91 Å². The minimum Gasteiger partial charge on any atom is -0.334 e. The van der Waals surface area contributed by atoms with E-state index in [1.54, 1.807) is 17.0 Å². The smallest absolute Gasteiger partial charge is 0.257 e. The monoisotopic (exact) mass is 337 g/mol. The third-order valence-corrected chi connectivity index (χ3v) is 4.34. The molecule has 0 bridgehead atoms. The van der Waals surface area contributed by atoms with Crippen LogP contribution in [0.25, 0.3) is 11.5 Å². The Morgan fingerprint density at radius 3 is 2.76 bits per heavy atom. The van der Waals surface area contributed by atoms with Crippen molar-refractivity contribution in [1.29, 1.82) is 0 Å². The summed E-state index contributed by atoms with van der Waals surface area (Å²) in [6.07, 6.45) is 0.344. The van der Waals surface area contributed by atoms with Crippen molar-refractivity contribution in [2.45, 2.75) is 19.3 Å². The lowest BCUT2D eigenvalue weighted by atomic mass is 10.1. The maximum Gasteiger partial charge on any atom is 0.257 e. The average molecular weight is 337 g/mol. The lowest BCUT2D eigenvalue weighted by Crippen LogP contribution is -2.24. The highest BCUT2D eigenvalue weighted by molar-refractivity contribution is 5.96. The van der Waals surface area contributed by atoms with Gasteiger partial charge in [-0.3, -0.25) is 4.79 Å². The molecule has 1 aromatic heterocycles. The van der Waals surface area contributed by atoms with Crippen LogP contribution in [-0.4, -0.2) is 22.6 Å². The zero-order valence-electron chi connectivity index (χ0n) is 13.6. The van der Waals surface area contributed by atoms with Gasteiger partial charge in [-0.2, -0.15) is 4.98 Å². The van der Waals surface area contributed by atoms with Crippen molar-refractivity contribution in [3.63, 3.8) is 0 Å². The van der Waals surface area contributed by atoms with Crippen LogP contribution in [0.3, 0.4) is 0 Å². The summed E-state index contributed by atoms with van der Waals surface area (Å²) in [5, 5.41) is 4.02. The third-order valence-electron chi connectivity index (χ3n) is 4.34. The Balaban J connectivity index is 1.55. The fourth-order valence-electron chi connectivity index (χ4n) is 3.04. The Morgan fingerprint density at radius 2 is 2.00 bits per heavy atom. The Kier molecular flexibility index (Phi) is 3.80. The summed E-state index contributed by atoms with van der Waals surface area (Å²) in [5.41, 5.74) is 2.64. The first-order valence-corrected chi connectivity index (χ1v) is 8.07. The van der Waals surface area contributed by atoms with E-state index >= 15 is 0 Å². The number of benzene rings is 2. The van der Waals surface area contributed by atoms with E-state index in [0.717, 1.165) is 11.3 Å². The summed E-state index contributed by atoms with van der Waals surface area (Å²) in [7, 11) is 0. The number of anilines is 1. The molecule has 3 aromatic rings. The van der Waals surface area contributed by atoms with Gasteiger partial charge in [0.25, 0.3) is 5.89 Å². The largest absolute Gasteiger partial charge is 0.334 e. The van der Waals surface area contributed by atoms with Crippen LogP contribution in [0.15, 0.2) is 53.1 Å². The molecule has 1 fully saturated rings. The van der Waals surface area contributed by atoms with Crippen LogP contribution in [0.4, 0.5) is 10.1 Å². The van der Waals surface area contributed by atoms with Gasteiger partial charge in [0.1, 0.15) is 5.82 Å². The summed E-state index contributed by atoms with van der Waals surface area (Å²) in [5.74, 6) is 0.438. The second kappa shape index (κ2) is 6.12. The zero-order valence-corrected chi connectivity index (χ0v) is 13.6. The molecule has 2 aromatic carbocycles. The fraction of sp³-hybridized carbons (Fsp3) is 0.211. The molecule has 0 aliphatic carbocycles. The molecule has 6 heteroatoms. The van der Waals surface area contributed by atoms with E-state index in [0.29, 0.717) is 30.2 Å². The Bertz CT molecular complexity index is 920. The molecular weight excluding hydrogens is 321 g/mol. The Morgan fingerprint density at radius 1 is 1.20 bits per heavy atom. The van der Waals surface area contributed by atoms with Crippen molar-refractivity contribution in [2.75, 3.05) is 11.4 Å². The minimum absolute atomic E-state index is 0.0451. The highest BCUT2D eigenvalue weighted by Crippen LogP contribution is 2.31. The maximum atomic E-state index is 13.0. The van der Waals surface area contributed by atoms with Gasteiger partial charge in [0, 0.05) is 30.1 Å². The first-order valence-electron chi connectivity index (χ1n) is 8.07. The van der Waals surface area contributed by atoms with E-state index in [1.165, 1.54) is 12.1 Å². The number of nitrogens with zero attached hydrogens (tertiary/aromatic N) is 3. The molecule has 1 saturated heterocycles. The number of hydrogen-bond donors (Lipinski definition) is 0. The van der Waals surface area contributed by atoms with Gasteiger partial charge in [-0.05, 0) is 48.9 Å². The van der Waals surface area contributed by atoms with Gasteiger partial charge in [-0.25, -0.2) is 4.39 Å². The van der Waals surface area contributed by atoms with Crippen molar-refractivity contribution < 1.29 is 13.7 Å². The normalized spacial score (nSPS) is 17.3. The fourth-order valence-corrected chi connectivity index (χ4v) is 3.04. The maximum absolute atomic E-state index is 13.0. The molecule has 4 rings (SSSR count). The van der Waals surface area contributed by atoms with Gasteiger partial charge in [0.05, 0.1) is 0 Å². The molecule has 1 atom stereocenters. The van der Waals surface area contributed by atoms with E-state index in [4.69, 9.17) is 4.52 Å². The van der Waals surface area contributed by atoms with Crippen molar-refractivity contribution in [2.24, 2.45) is 0 Å². The molecule has 1 aliphatic heterocycles. The number of rotatable bonds is 3. The van der Waals surface area contributed by atoms with Crippen LogP contribution in [0.1, 0.15) is 23.7 Å². The van der Waals surface area contributed by atoms with E-state index in [2.05, 4.69) is 10.1 Å². The van der Waals surface area contributed by atoms with Crippen molar-refractivity contribution in [3.05, 3.63) is 65.7 Å². The topological polar surface area (TPSA) is 59.2 Å². The number of aromatic nitrogens is 2. The van der Waals surface area contributed by atoms with Crippen LogP contribution in [0, 0.1) is 12.7 Å². The van der Waals surface area contributed by atoms with Crippen LogP contribution < -0.4 is 4.90 Å². The minimum atomic E-state index is -0.321. The second-order valence-electron chi connectivity index (χ2n) is 6.21. The van der Waals surface area contributed by atoms with E-state index < -0.39 is 0 Å². The van der Waals surface area contributed by atoms with Crippen molar-refractivity contribution in [1.82, 2.24) is 10.1 Å². The summed E-state index contributed by atoms with van der Waals surface area (Å²) in [6.45, 7) is 2.51. The average Bonchev–Trinajstić information content (AvgIpc) is 3.22. The number of hydrogen-bond acceptors (Lipinski definition) is 4. The standard InChI is InChI=1S/C19H16FN3O2/c1-12-3-2-4-16(9-12)23-11-14(10-17(23)24)18-21-19(25-22-18)13-5-7-15(20)8-6-13/h2-9,14H,10-11H2,1H3. The molecule has 0 N–H and O–H groups in total. The molecule has 1 aliphatic rings. The molecule has 5 nitrogen and oxygen atoms in total. The number of aryl methyl sites for hydroxylation is 1. The van der Waals surface area contributed by atoms with Crippen LogP contribution in [-0.2, 0) is 4.79 Å². The molecule has 25 heavy (non-hydrogen) atoms. The summed E-state index contributed by atoms with van der Waals surface area (Å²) >= 11 is 0. The van der Waals surface area contributed by atoms with E-state index in [-0.39, 0.29) is 17.6 Å². The van der Waals surface area contributed by atoms with Gasteiger partial charge >= 0.3 is 0 Å². The molecule has 0 radical (unpaired) electrons. The van der Waals surface area contributed by atoms with Crippen molar-refractivity contribution >= 4 is 11.6 Å². The molecule has 0 spiro atoms. The van der Waals surface area contributed by atoms with Crippen LogP contribution in [0.2, 0.25) is 0 Å². The molecule has 1 unspecified atom stereocenters. The quantitative estimate of drug-likeness (QED) is 0.731. The Labute approximate surface area is 144 Å². The molecule has 1 amide bonds. The second-order valence-corrected chi connectivity index (χ2v) is 6.21. The molecule has 2 heterocycles. The Hall–Kier alpha value is -3.02. The van der Waals surface area contributed by atoms with Gasteiger partial charge in [-0.1, -0.05) is 17.3 Å². The van der Waals surface area contributed by atoms with Crippen LogP contribution in [0.5, 0.6) is 0 Å². The molecule has 0 saturated carbocycles. The van der Waals surface area contributed by atoms with Crippen LogP contribution >= 0.6 is 0 Å². The van der Waals surface area contributed by atoms with E-state index in [9.17, 15) is 9.18 Å². The number of amides is 1. The lowest BCUT2D eigenvalue weighted by molar-refractivity contribution is -0.117. The molecule has 126 valence electrons. The first kappa shape index (κ1) is 15.5. The first-order chi connectivity index (χ1) is 12.1. The highest BCUT2D eigenvalue weighted by atomic mass is 19.1. The summed E-state index contributed by atoms with van der Waals surface area (Å²) < 4.78 is 18.3. The summed E-state index contributed by atoms with van der Waals surface area (Å²) in [6, 6.07) is 13.7. The number of halogens is 1. The van der Waals surface area contributed by atoms with Gasteiger partial charge in [-0.15, -0.1) is 0 Å². The summed E-state index contributed by atoms with van der Waals surface area (Å²) in [4.78, 5) is 18.5. The predicted octanol–water partition coefficient (Wildman–Crippen LogP) is 3.70. The SMILES string of the molecule is Cc1cccc(N2CC(c3noc(-c4ccc(F)cc4)n3)CC2=O)c1. The lowest BCUT2D eigenvalue weighted by Gasteiger charge is -2.16. The zero-order chi connectivity index (χ0) is 17.4. The van der Waals surface area contributed by atoms with E-state index in [1.807, 2.05) is 31.2 Å². The molecular formula is C19H16FN3O2. The van der Waals surface area contributed by atoms with Gasteiger partial charge in [0.15, 0.2) is 5.82 Å². The predicted molar refractivity (Wildman–Crippen MR) is 90.6 cm³/mol. The number of carbonyl (C=O) groups is 1. The highest BCUT2D eigenvalue weighted by Gasteiger charge is 2.34. The van der Waals surface area contributed by atoms with Gasteiger partial charge < -0.3 is 9.42 Å². The number of carbonyl (C=O) groups excluding carboxylic acids is 1. The third kappa shape index (κ3) is 3.03. The van der Waals surface area contributed by atoms with Crippen molar-refractivity contribution in [3.8, 4) is 11.5 Å².